The van der Waals surface area contributed by atoms with Gasteiger partial charge in [0.25, 0.3) is 11.6 Å². The van der Waals surface area contributed by atoms with Crippen LogP contribution in [0.25, 0.3) is 5.69 Å². The number of nitro benzene ring substituents is 1. The number of nitro groups is 1. The molecule has 0 N–H and O–H groups in total. The van der Waals surface area contributed by atoms with Gasteiger partial charge in [-0.3, -0.25) is 14.9 Å². The Morgan fingerprint density at radius 2 is 1.63 bits per heavy atom. The zero-order valence-electron chi connectivity index (χ0n) is 25.0. The first-order chi connectivity index (χ1) is 20.4. The maximum atomic E-state index is 14.0. The highest BCUT2D eigenvalue weighted by Crippen LogP contribution is 2.35. The number of hydrogen-bond donors (Lipinski definition) is 0. The molecular formula is C31H37ClN6O5. The van der Waals surface area contributed by atoms with Crippen LogP contribution in [-0.4, -0.2) is 81.4 Å². The number of ether oxygens (including phenoxy) is 1. The monoisotopic (exact) mass is 608 g/mol. The Kier molecular flexibility index (Phi) is 8.64. The van der Waals surface area contributed by atoms with E-state index in [0.717, 1.165) is 22.6 Å². The summed E-state index contributed by atoms with van der Waals surface area (Å²) in [5.74, 6) is -0.0845. The predicted molar refractivity (Wildman–Crippen MR) is 164 cm³/mol. The Labute approximate surface area is 256 Å². The van der Waals surface area contributed by atoms with E-state index in [1.54, 1.807) is 23.2 Å². The van der Waals surface area contributed by atoms with Gasteiger partial charge in [0.15, 0.2) is 0 Å². The number of piperazine rings is 1. The van der Waals surface area contributed by atoms with E-state index in [2.05, 4.69) is 4.90 Å². The topological polar surface area (TPSA) is 114 Å². The second-order valence-corrected chi connectivity index (χ2v) is 12.4. The molecule has 2 saturated heterocycles. The molecular weight excluding hydrogens is 572 g/mol. The minimum Gasteiger partial charge on any atom is -0.444 e. The lowest BCUT2D eigenvalue weighted by Crippen LogP contribution is -2.49. The number of likely N-dealkylation sites (tertiary alicyclic amines) is 1. The van der Waals surface area contributed by atoms with Gasteiger partial charge >= 0.3 is 6.09 Å². The van der Waals surface area contributed by atoms with Gasteiger partial charge < -0.3 is 19.4 Å². The van der Waals surface area contributed by atoms with Gasteiger partial charge in [0.1, 0.15) is 5.60 Å². The molecule has 3 heterocycles. The van der Waals surface area contributed by atoms with Crippen molar-refractivity contribution >= 4 is 35.0 Å². The second kappa shape index (κ2) is 12.2. The molecule has 228 valence electrons. The number of carbonyl (C=O) groups is 2. The lowest BCUT2D eigenvalue weighted by Gasteiger charge is -2.37. The molecule has 0 saturated carbocycles. The minimum absolute atomic E-state index is 0.0000770. The van der Waals surface area contributed by atoms with Gasteiger partial charge in [-0.25, -0.2) is 9.48 Å². The molecule has 2 aliphatic rings. The predicted octanol–water partition coefficient (Wildman–Crippen LogP) is 5.82. The number of carbonyl (C=O) groups excluding carboxylic acids is 2. The van der Waals surface area contributed by atoms with E-state index in [0.29, 0.717) is 62.7 Å². The smallest absolute Gasteiger partial charge is 0.410 e. The summed E-state index contributed by atoms with van der Waals surface area (Å²) in [6.07, 6.45) is 2.66. The highest BCUT2D eigenvalue weighted by atomic mass is 35.5. The summed E-state index contributed by atoms with van der Waals surface area (Å²) in [7, 11) is 0. The van der Waals surface area contributed by atoms with E-state index in [1.165, 1.54) is 12.1 Å². The molecule has 5 rings (SSSR count). The summed E-state index contributed by atoms with van der Waals surface area (Å²) in [5, 5.41) is 16.3. The van der Waals surface area contributed by atoms with Gasteiger partial charge in [0.05, 0.1) is 28.1 Å². The Balaban J connectivity index is 1.37. The first-order valence-electron chi connectivity index (χ1n) is 14.5. The molecule has 0 spiro atoms. The Morgan fingerprint density at radius 1 is 0.977 bits per heavy atom. The number of hydrogen-bond acceptors (Lipinski definition) is 7. The van der Waals surface area contributed by atoms with Gasteiger partial charge in [-0.2, -0.15) is 5.10 Å². The number of piperidine rings is 1. The van der Waals surface area contributed by atoms with Crippen molar-refractivity contribution in [2.75, 3.05) is 44.2 Å². The quantitative estimate of drug-likeness (QED) is 0.265. The van der Waals surface area contributed by atoms with Crippen LogP contribution in [0.15, 0.2) is 48.7 Å². The highest BCUT2D eigenvalue weighted by molar-refractivity contribution is 6.31. The van der Waals surface area contributed by atoms with Crippen molar-refractivity contribution in [1.29, 1.82) is 0 Å². The van der Waals surface area contributed by atoms with Crippen LogP contribution in [-0.2, 0) is 4.74 Å². The van der Waals surface area contributed by atoms with Gasteiger partial charge in [0, 0.05) is 68.0 Å². The Morgan fingerprint density at radius 3 is 2.23 bits per heavy atom. The molecule has 0 bridgehead atoms. The molecule has 0 unspecified atom stereocenters. The van der Waals surface area contributed by atoms with E-state index >= 15 is 0 Å². The molecule has 2 aromatic carbocycles. The van der Waals surface area contributed by atoms with Crippen LogP contribution >= 0.6 is 11.6 Å². The average Bonchev–Trinajstić information content (AvgIpc) is 3.42. The van der Waals surface area contributed by atoms with Crippen molar-refractivity contribution in [3.63, 3.8) is 0 Å². The van der Waals surface area contributed by atoms with Crippen molar-refractivity contribution in [2.24, 2.45) is 0 Å². The fourth-order valence-corrected chi connectivity index (χ4v) is 5.89. The number of benzene rings is 2. The lowest BCUT2D eigenvalue weighted by atomic mass is 9.90. The molecule has 2 aliphatic heterocycles. The van der Waals surface area contributed by atoms with E-state index in [4.69, 9.17) is 21.4 Å². The Hall–Kier alpha value is -4.12. The fraction of sp³-hybridized carbons (Fsp3) is 0.452. The molecule has 11 nitrogen and oxygen atoms in total. The van der Waals surface area contributed by atoms with Crippen LogP contribution in [0.3, 0.4) is 0 Å². The number of nitrogens with zero attached hydrogens (tertiary/aromatic N) is 6. The van der Waals surface area contributed by atoms with Crippen LogP contribution in [0.1, 0.15) is 61.1 Å². The Bertz CT molecular complexity index is 1500. The summed E-state index contributed by atoms with van der Waals surface area (Å²) < 4.78 is 7.43. The summed E-state index contributed by atoms with van der Waals surface area (Å²) in [4.78, 5) is 43.0. The van der Waals surface area contributed by atoms with Gasteiger partial charge in [0.2, 0.25) is 0 Å². The molecule has 0 radical (unpaired) electrons. The molecule has 2 amide bonds. The van der Waals surface area contributed by atoms with Crippen LogP contribution < -0.4 is 4.90 Å². The third-order valence-electron chi connectivity index (χ3n) is 8.03. The first-order valence-corrected chi connectivity index (χ1v) is 14.9. The zero-order chi connectivity index (χ0) is 30.9. The third kappa shape index (κ3) is 6.61. The van der Waals surface area contributed by atoms with Gasteiger partial charge in [-0.1, -0.05) is 17.7 Å². The normalized spacial score (nSPS) is 16.3. The molecule has 12 heteroatoms. The lowest BCUT2D eigenvalue weighted by molar-refractivity contribution is -0.384. The molecule has 2 fully saturated rings. The van der Waals surface area contributed by atoms with Crippen molar-refractivity contribution in [1.82, 2.24) is 19.6 Å². The maximum absolute atomic E-state index is 14.0. The van der Waals surface area contributed by atoms with Crippen LogP contribution in [0, 0.1) is 17.0 Å². The van der Waals surface area contributed by atoms with Gasteiger partial charge in [-0.15, -0.1) is 0 Å². The summed E-state index contributed by atoms with van der Waals surface area (Å²) in [5.41, 5.74) is 3.44. The van der Waals surface area contributed by atoms with Crippen LogP contribution in [0.4, 0.5) is 16.2 Å². The largest absolute Gasteiger partial charge is 0.444 e. The third-order valence-corrected chi connectivity index (χ3v) is 8.44. The first kappa shape index (κ1) is 30.3. The molecule has 0 aliphatic carbocycles. The van der Waals surface area contributed by atoms with Gasteiger partial charge in [-0.05, 0) is 70.4 Å². The average molecular weight is 609 g/mol. The highest BCUT2D eigenvalue weighted by Gasteiger charge is 2.34. The van der Waals surface area contributed by atoms with E-state index < -0.39 is 10.5 Å². The number of amides is 2. The van der Waals surface area contributed by atoms with Crippen molar-refractivity contribution in [3.8, 4) is 5.69 Å². The number of aromatic nitrogens is 2. The minimum atomic E-state index is -0.571. The van der Waals surface area contributed by atoms with E-state index in [9.17, 15) is 19.7 Å². The summed E-state index contributed by atoms with van der Waals surface area (Å²) in [6.45, 7) is 10.8. The number of halogens is 1. The molecule has 43 heavy (non-hydrogen) atoms. The molecule has 1 aromatic heterocycles. The number of anilines is 1. The van der Waals surface area contributed by atoms with Crippen molar-refractivity contribution in [3.05, 3.63) is 80.6 Å². The van der Waals surface area contributed by atoms with Crippen molar-refractivity contribution < 1.29 is 19.2 Å². The second-order valence-electron chi connectivity index (χ2n) is 12.0. The zero-order valence-corrected chi connectivity index (χ0v) is 25.7. The number of rotatable bonds is 5. The van der Waals surface area contributed by atoms with E-state index in [1.807, 2.05) is 55.5 Å². The summed E-state index contributed by atoms with van der Waals surface area (Å²) in [6, 6.07) is 12.1. The van der Waals surface area contributed by atoms with Crippen LogP contribution in [0.2, 0.25) is 5.02 Å². The fourth-order valence-electron chi connectivity index (χ4n) is 5.72. The molecule has 3 aromatic rings. The standard InChI is InChI=1S/C31H37ClN6O5/c1-21-26(32)6-5-7-27(21)37-28(22-12-14-36(15-13-22)30(40)43-31(2,3)4)25(20-33-37)29(39)35-18-16-34(17-19-35)23-8-10-24(11-9-23)38(41)42/h5-11,20,22H,12-19H2,1-4H3. The maximum Gasteiger partial charge on any atom is 0.410 e. The molecule has 0 atom stereocenters. The number of non-ortho nitro benzene ring substituents is 1. The van der Waals surface area contributed by atoms with E-state index in [-0.39, 0.29) is 23.6 Å². The van der Waals surface area contributed by atoms with Crippen molar-refractivity contribution in [2.45, 2.75) is 52.1 Å². The summed E-state index contributed by atoms with van der Waals surface area (Å²) >= 11 is 6.48. The van der Waals surface area contributed by atoms with Crippen LogP contribution in [0.5, 0.6) is 0 Å². The SMILES string of the molecule is Cc1c(Cl)cccc1-n1ncc(C(=O)N2CCN(c3ccc([N+](=O)[O-])cc3)CC2)c1C1CCN(C(=O)OC(C)(C)C)CC1.